The SMILES string of the molecule is CCNC(=NCC(=O)N1CCc2ccccc2C1)NCC(CCO)CC(C)C. The first-order chi connectivity index (χ1) is 13.5. The van der Waals surface area contributed by atoms with Gasteiger partial charge in [-0.2, -0.15) is 0 Å². The Hall–Kier alpha value is -2.08. The standard InChI is InChI=1S/C22H36N4O2/c1-4-23-22(24-14-18(10-12-27)13-17(2)3)25-15-21(28)26-11-9-19-7-5-6-8-20(19)16-26/h5-8,17-18,27H,4,9-16H2,1-3H3,(H2,23,24,25). The second-order valence-corrected chi connectivity index (χ2v) is 7.92. The number of nitrogens with one attached hydrogen (secondary N) is 2. The molecule has 0 aliphatic carbocycles. The van der Waals surface area contributed by atoms with Crippen LogP contribution in [-0.4, -0.2) is 54.7 Å². The molecule has 1 aromatic carbocycles. The molecule has 1 heterocycles. The number of carbonyl (C=O) groups is 1. The van der Waals surface area contributed by atoms with Crippen LogP contribution < -0.4 is 10.6 Å². The smallest absolute Gasteiger partial charge is 0.244 e. The Labute approximate surface area is 169 Å². The molecule has 28 heavy (non-hydrogen) atoms. The molecule has 3 N–H and O–H groups in total. The maximum atomic E-state index is 12.6. The number of hydrogen-bond acceptors (Lipinski definition) is 3. The van der Waals surface area contributed by atoms with Gasteiger partial charge in [0.2, 0.25) is 5.91 Å². The number of benzene rings is 1. The number of nitrogens with zero attached hydrogens (tertiary/aromatic N) is 2. The zero-order valence-electron chi connectivity index (χ0n) is 17.6. The summed E-state index contributed by atoms with van der Waals surface area (Å²) < 4.78 is 0. The highest BCUT2D eigenvalue weighted by Gasteiger charge is 2.20. The van der Waals surface area contributed by atoms with Crippen LogP contribution in [0, 0.1) is 11.8 Å². The molecular formula is C22H36N4O2. The van der Waals surface area contributed by atoms with E-state index in [4.69, 9.17) is 0 Å². The molecule has 0 saturated heterocycles. The second-order valence-electron chi connectivity index (χ2n) is 7.92. The van der Waals surface area contributed by atoms with Crippen LogP contribution in [0.1, 0.15) is 44.7 Å². The molecule has 1 unspecified atom stereocenters. The summed E-state index contributed by atoms with van der Waals surface area (Å²) in [6.45, 7) is 9.65. The number of fused-ring (bicyclic) bond motifs is 1. The summed E-state index contributed by atoms with van der Waals surface area (Å²) in [5.74, 6) is 1.70. The summed E-state index contributed by atoms with van der Waals surface area (Å²) in [6.07, 6.45) is 2.73. The number of aliphatic hydroxyl groups excluding tert-OH is 1. The third kappa shape index (κ3) is 7.15. The van der Waals surface area contributed by atoms with Crippen molar-refractivity contribution in [1.82, 2.24) is 15.5 Å². The minimum Gasteiger partial charge on any atom is -0.396 e. The van der Waals surface area contributed by atoms with E-state index in [0.717, 1.165) is 38.9 Å². The van der Waals surface area contributed by atoms with E-state index in [1.54, 1.807) is 0 Å². The Kier molecular flexibility index (Phi) is 9.28. The van der Waals surface area contributed by atoms with E-state index in [1.165, 1.54) is 11.1 Å². The Balaban J connectivity index is 1.89. The maximum absolute atomic E-state index is 12.6. The average Bonchev–Trinajstić information content (AvgIpc) is 2.69. The van der Waals surface area contributed by atoms with Gasteiger partial charge >= 0.3 is 0 Å². The van der Waals surface area contributed by atoms with E-state index in [1.807, 2.05) is 17.9 Å². The van der Waals surface area contributed by atoms with E-state index in [0.29, 0.717) is 24.3 Å². The Morgan fingerprint density at radius 1 is 1.25 bits per heavy atom. The molecule has 0 aromatic heterocycles. The van der Waals surface area contributed by atoms with E-state index in [-0.39, 0.29) is 19.1 Å². The van der Waals surface area contributed by atoms with Crippen LogP contribution >= 0.6 is 0 Å². The number of hydrogen-bond donors (Lipinski definition) is 3. The lowest BCUT2D eigenvalue weighted by Crippen LogP contribution is -2.42. The zero-order valence-corrected chi connectivity index (χ0v) is 17.6. The molecule has 0 radical (unpaired) electrons. The van der Waals surface area contributed by atoms with Gasteiger partial charge in [0.15, 0.2) is 5.96 Å². The van der Waals surface area contributed by atoms with Crippen LogP contribution in [0.25, 0.3) is 0 Å². The molecule has 1 amide bonds. The molecule has 156 valence electrons. The topological polar surface area (TPSA) is 77.0 Å². The van der Waals surface area contributed by atoms with Crippen molar-refractivity contribution in [3.63, 3.8) is 0 Å². The quantitative estimate of drug-likeness (QED) is 0.448. The van der Waals surface area contributed by atoms with Crippen LogP contribution in [0.15, 0.2) is 29.3 Å². The molecular weight excluding hydrogens is 352 g/mol. The molecule has 0 spiro atoms. The van der Waals surface area contributed by atoms with Gasteiger partial charge in [-0.1, -0.05) is 38.1 Å². The lowest BCUT2D eigenvalue weighted by atomic mass is 9.94. The normalized spacial score (nSPS) is 15.3. The minimum atomic E-state index is 0.0563. The lowest BCUT2D eigenvalue weighted by Gasteiger charge is -2.28. The summed E-state index contributed by atoms with van der Waals surface area (Å²) in [5, 5.41) is 15.8. The van der Waals surface area contributed by atoms with Crippen LogP contribution in [-0.2, 0) is 17.8 Å². The minimum absolute atomic E-state index is 0.0563. The largest absolute Gasteiger partial charge is 0.396 e. The van der Waals surface area contributed by atoms with Gasteiger partial charge in [0.25, 0.3) is 0 Å². The van der Waals surface area contributed by atoms with E-state index in [2.05, 4.69) is 47.7 Å². The predicted molar refractivity (Wildman–Crippen MR) is 114 cm³/mol. The van der Waals surface area contributed by atoms with E-state index < -0.39 is 0 Å². The highest BCUT2D eigenvalue weighted by Crippen LogP contribution is 2.18. The number of guanidine groups is 1. The summed E-state index contributed by atoms with van der Waals surface area (Å²) in [5.41, 5.74) is 2.57. The Bertz CT molecular complexity index is 645. The maximum Gasteiger partial charge on any atom is 0.244 e. The van der Waals surface area contributed by atoms with Crippen LogP contribution in [0.2, 0.25) is 0 Å². The van der Waals surface area contributed by atoms with Gasteiger partial charge in [-0.15, -0.1) is 0 Å². The number of amides is 1. The van der Waals surface area contributed by atoms with Crippen LogP contribution in [0.5, 0.6) is 0 Å². The van der Waals surface area contributed by atoms with Gasteiger partial charge in [-0.05, 0) is 49.1 Å². The number of aliphatic hydroxyl groups is 1. The number of carbonyl (C=O) groups excluding carboxylic acids is 1. The van der Waals surface area contributed by atoms with Crippen molar-refractivity contribution in [2.24, 2.45) is 16.8 Å². The molecule has 0 bridgehead atoms. The molecule has 1 aliphatic heterocycles. The highest BCUT2D eigenvalue weighted by atomic mass is 16.3. The van der Waals surface area contributed by atoms with Crippen molar-refractivity contribution < 1.29 is 9.90 Å². The van der Waals surface area contributed by atoms with E-state index >= 15 is 0 Å². The van der Waals surface area contributed by atoms with Crippen molar-refractivity contribution in [2.75, 3.05) is 32.8 Å². The van der Waals surface area contributed by atoms with Gasteiger partial charge in [0.1, 0.15) is 6.54 Å². The molecule has 1 aromatic rings. The van der Waals surface area contributed by atoms with Crippen LogP contribution in [0.4, 0.5) is 0 Å². The molecule has 6 nitrogen and oxygen atoms in total. The first-order valence-corrected chi connectivity index (χ1v) is 10.5. The summed E-state index contributed by atoms with van der Waals surface area (Å²) in [4.78, 5) is 19.0. The van der Waals surface area contributed by atoms with Crippen LogP contribution in [0.3, 0.4) is 0 Å². The van der Waals surface area contributed by atoms with Crippen molar-refractivity contribution in [2.45, 2.75) is 46.6 Å². The van der Waals surface area contributed by atoms with Gasteiger partial charge in [0.05, 0.1) is 0 Å². The number of aliphatic imine (C=N–C) groups is 1. The summed E-state index contributed by atoms with van der Waals surface area (Å²) in [6, 6.07) is 8.32. The Morgan fingerprint density at radius 3 is 2.68 bits per heavy atom. The highest BCUT2D eigenvalue weighted by molar-refractivity contribution is 5.85. The van der Waals surface area contributed by atoms with Crippen molar-refractivity contribution in [3.8, 4) is 0 Å². The zero-order chi connectivity index (χ0) is 20.4. The van der Waals surface area contributed by atoms with Crippen molar-refractivity contribution >= 4 is 11.9 Å². The summed E-state index contributed by atoms with van der Waals surface area (Å²) >= 11 is 0. The molecule has 1 aliphatic rings. The molecule has 6 heteroatoms. The third-order valence-electron chi connectivity index (χ3n) is 5.10. The first-order valence-electron chi connectivity index (χ1n) is 10.5. The van der Waals surface area contributed by atoms with Gasteiger partial charge < -0.3 is 20.6 Å². The summed E-state index contributed by atoms with van der Waals surface area (Å²) in [7, 11) is 0. The fraction of sp³-hybridized carbons (Fsp3) is 0.636. The van der Waals surface area contributed by atoms with Crippen molar-refractivity contribution in [1.29, 1.82) is 0 Å². The molecule has 2 rings (SSSR count). The predicted octanol–water partition coefficient (Wildman–Crippen LogP) is 2.17. The fourth-order valence-electron chi connectivity index (χ4n) is 3.69. The first kappa shape index (κ1) is 22.2. The third-order valence-corrected chi connectivity index (χ3v) is 5.10. The van der Waals surface area contributed by atoms with Gasteiger partial charge in [-0.25, -0.2) is 4.99 Å². The van der Waals surface area contributed by atoms with Gasteiger partial charge in [-0.3, -0.25) is 4.79 Å². The monoisotopic (exact) mass is 388 g/mol. The fourth-order valence-corrected chi connectivity index (χ4v) is 3.69. The lowest BCUT2D eigenvalue weighted by molar-refractivity contribution is -0.130. The average molecular weight is 389 g/mol. The van der Waals surface area contributed by atoms with Crippen molar-refractivity contribution in [3.05, 3.63) is 35.4 Å². The van der Waals surface area contributed by atoms with E-state index in [9.17, 15) is 9.90 Å². The number of rotatable bonds is 9. The molecule has 1 atom stereocenters. The Morgan fingerprint density at radius 2 is 2.00 bits per heavy atom. The second kappa shape index (κ2) is 11.7. The van der Waals surface area contributed by atoms with Gasteiger partial charge in [0, 0.05) is 32.8 Å². The molecule has 0 saturated carbocycles. The molecule has 0 fully saturated rings.